The van der Waals surface area contributed by atoms with Crippen molar-refractivity contribution in [1.82, 2.24) is 9.80 Å². The van der Waals surface area contributed by atoms with E-state index in [0.29, 0.717) is 36.9 Å². The number of carbonyl (C=O) groups is 2. The van der Waals surface area contributed by atoms with Crippen molar-refractivity contribution in [2.75, 3.05) is 38.9 Å². The second-order valence-corrected chi connectivity index (χ2v) is 10.4. The summed E-state index contributed by atoms with van der Waals surface area (Å²) in [5.74, 6) is 0.381. The van der Waals surface area contributed by atoms with Crippen LogP contribution in [0.4, 0.5) is 18.9 Å². The van der Waals surface area contributed by atoms with E-state index in [-0.39, 0.29) is 36.7 Å². The third-order valence-corrected chi connectivity index (χ3v) is 6.97. The Hall–Kier alpha value is -3.51. The summed E-state index contributed by atoms with van der Waals surface area (Å²) in [6.45, 7) is 5.08. The smallest absolute Gasteiger partial charge is 0.389 e. The van der Waals surface area contributed by atoms with Gasteiger partial charge in [0.1, 0.15) is 11.9 Å². The number of rotatable bonds is 9. The van der Waals surface area contributed by atoms with Crippen molar-refractivity contribution < 1.29 is 42.1 Å². The first-order valence-corrected chi connectivity index (χ1v) is 13.1. The van der Waals surface area contributed by atoms with Crippen LogP contribution in [-0.2, 0) is 11.3 Å². The fraction of sp³-hybridized carbons (Fsp3) is 0.500. The molecule has 0 fully saturated rings. The van der Waals surface area contributed by atoms with E-state index in [4.69, 9.17) is 14.2 Å². The van der Waals surface area contributed by atoms with Crippen molar-refractivity contribution in [3.63, 3.8) is 0 Å². The van der Waals surface area contributed by atoms with E-state index in [1.165, 1.54) is 18.2 Å². The van der Waals surface area contributed by atoms with Crippen LogP contribution in [0.3, 0.4) is 0 Å². The van der Waals surface area contributed by atoms with Crippen LogP contribution in [0.2, 0.25) is 0 Å². The van der Waals surface area contributed by atoms with Crippen LogP contribution < -0.4 is 19.5 Å². The lowest BCUT2D eigenvalue weighted by Crippen LogP contribution is -2.49. The number of anilines is 1. The van der Waals surface area contributed by atoms with Crippen molar-refractivity contribution in [3.8, 4) is 17.2 Å². The molecule has 0 unspecified atom stereocenters. The first kappa shape index (κ1) is 29.5. The van der Waals surface area contributed by atoms with Crippen molar-refractivity contribution >= 4 is 17.5 Å². The Balaban J connectivity index is 1.53. The Morgan fingerprint density at radius 3 is 2.62 bits per heavy atom. The van der Waals surface area contributed by atoms with E-state index in [0.717, 1.165) is 5.56 Å². The number of benzene rings is 2. The number of likely N-dealkylation sites (N-methyl/N-ethyl adjacent to an activating group) is 1. The number of nitrogens with zero attached hydrogens (tertiary/aromatic N) is 2. The van der Waals surface area contributed by atoms with Crippen LogP contribution >= 0.6 is 0 Å². The highest BCUT2D eigenvalue weighted by Gasteiger charge is 2.34. The van der Waals surface area contributed by atoms with Crippen molar-refractivity contribution in [1.29, 1.82) is 0 Å². The predicted octanol–water partition coefficient (Wildman–Crippen LogP) is 4.05. The topological polar surface area (TPSA) is 101 Å². The number of ether oxygens (including phenoxy) is 3. The lowest BCUT2D eigenvalue weighted by atomic mass is 9.99. The number of hydrogen-bond donors (Lipinski definition) is 2. The molecule has 0 saturated carbocycles. The number of fused-ring (bicyclic) bond motifs is 2. The maximum absolute atomic E-state index is 13.5. The van der Waals surface area contributed by atoms with Crippen LogP contribution in [0.5, 0.6) is 17.2 Å². The molecule has 2 aromatic carbocycles. The largest absolute Gasteiger partial charge is 0.488 e. The van der Waals surface area contributed by atoms with Crippen LogP contribution in [-0.4, -0.2) is 78.6 Å². The number of nitrogens with one attached hydrogen (secondary N) is 1. The van der Waals surface area contributed by atoms with Crippen LogP contribution in [0.1, 0.15) is 42.6 Å². The van der Waals surface area contributed by atoms with Gasteiger partial charge in [0.05, 0.1) is 24.6 Å². The van der Waals surface area contributed by atoms with Gasteiger partial charge in [0.15, 0.2) is 11.5 Å². The minimum absolute atomic E-state index is 0.105. The van der Waals surface area contributed by atoms with E-state index in [1.54, 1.807) is 11.8 Å². The number of aliphatic hydroxyl groups is 1. The maximum atomic E-state index is 13.5. The lowest BCUT2D eigenvalue weighted by molar-refractivity contribution is -0.142. The molecule has 0 spiro atoms. The number of hydrogen-bond acceptors (Lipinski definition) is 7. The third-order valence-electron chi connectivity index (χ3n) is 6.97. The summed E-state index contributed by atoms with van der Waals surface area (Å²) in [5, 5.41) is 12.3. The van der Waals surface area contributed by atoms with Crippen molar-refractivity contribution in [2.45, 2.75) is 51.6 Å². The van der Waals surface area contributed by atoms with Gasteiger partial charge in [-0.3, -0.25) is 14.5 Å². The minimum Gasteiger partial charge on any atom is -0.488 e. The summed E-state index contributed by atoms with van der Waals surface area (Å²) in [6.07, 6.45) is -6.76. The quantitative estimate of drug-likeness (QED) is 0.473. The highest BCUT2D eigenvalue weighted by molar-refractivity contribution is 5.99. The molecule has 3 atom stereocenters. The molecule has 4 rings (SSSR count). The highest BCUT2D eigenvalue weighted by atomic mass is 19.4. The first-order valence-electron chi connectivity index (χ1n) is 13.1. The minimum atomic E-state index is -4.45. The van der Waals surface area contributed by atoms with Gasteiger partial charge in [-0.15, -0.1) is 0 Å². The molecule has 2 N–H and O–H groups in total. The predicted molar refractivity (Wildman–Crippen MR) is 140 cm³/mol. The molecular formula is C28H34F3N3O6. The molecule has 2 aliphatic rings. The van der Waals surface area contributed by atoms with E-state index in [1.807, 2.05) is 32.2 Å². The zero-order valence-corrected chi connectivity index (χ0v) is 22.7. The number of aliphatic hydroxyl groups excluding tert-OH is 1. The van der Waals surface area contributed by atoms with Crippen LogP contribution in [0, 0.1) is 5.92 Å². The van der Waals surface area contributed by atoms with Gasteiger partial charge in [0, 0.05) is 37.7 Å². The fourth-order valence-electron chi connectivity index (χ4n) is 4.72. The molecule has 2 heterocycles. The average Bonchev–Trinajstić information content (AvgIpc) is 3.37. The molecule has 0 radical (unpaired) electrons. The zero-order valence-electron chi connectivity index (χ0n) is 22.7. The molecule has 0 saturated heterocycles. The second kappa shape index (κ2) is 12.3. The Labute approximate surface area is 230 Å². The molecule has 0 aliphatic carbocycles. The van der Waals surface area contributed by atoms with Gasteiger partial charge in [0.2, 0.25) is 12.7 Å². The molecule has 12 heteroatoms. The molecule has 0 aromatic heterocycles. The summed E-state index contributed by atoms with van der Waals surface area (Å²) in [7, 11) is 1.96. The van der Waals surface area contributed by atoms with E-state index >= 15 is 0 Å². The first-order chi connectivity index (χ1) is 18.9. The standard InChI is InChI=1S/C28H34F3N3O6/c1-17-12-34(18(2)15-35)27(37)21-11-20(32-26(36)8-9-28(29,30)31)5-7-22(21)40-25(17)14-33(3)13-19-4-6-23-24(10-19)39-16-38-23/h4-7,10-11,17-18,25,35H,8-9,12-16H2,1-3H3,(H,32,36)/t17-,18-,25-/m1/s1. The zero-order chi connectivity index (χ0) is 29.0. The van der Waals surface area contributed by atoms with E-state index < -0.39 is 36.9 Å². The average molecular weight is 566 g/mol. The van der Waals surface area contributed by atoms with Crippen LogP contribution in [0.25, 0.3) is 0 Å². The molecule has 40 heavy (non-hydrogen) atoms. The summed E-state index contributed by atoms with van der Waals surface area (Å²) in [5.41, 5.74) is 1.37. The Bertz CT molecular complexity index is 1220. The molecule has 218 valence electrons. The monoisotopic (exact) mass is 565 g/mol. The fourth-order valence-corrected chi connectivity index (χ4v) is 4.72. The Morgan fingerprint density at radius 2 is 1.90 bits per heavy atom. The van der Waals surface area contributed by atoms with Crippen molar-refractivity contribution in [3.05, 3.63) is 47.5 Å². The molecule has 2 amide bonds. The summed E-state index contributed by atoms with van der Waals surface area (Å²) in [4.78, 5) is 29.3. The lowest BCUT2D eigenvalue weighted by Gasteiger charge is -2.38. The number of carbonyl (C=O) groups excluding carboxylic acids is 2. The van der Waals surface area contributed by atoms with Gasteiger partial charge in [0.25, 0.3) is 5.91 Å². The van der Waals surface area contributed by atoms with Crippen LogP contribution in [0.15, 0.2) is 36.4 Å². The number of alkyl halides is 3. The van der Waals surface area contributed by atoms with Gasteiger partial charge < -0.3 is 29.5 Å². The highest BCUT2D eigenvalue weighted by Crippen LogP contribution is 2.34. The molecular weight excluding hydrogens is 531 g/mol. The number of amides is 2. The summed E-state index contributed by atoms with van der Waals surface area (Å²) >= 11 is 0. The van der Waals surface area contributed by atoms with Gasteiger partial charge in [-0.2, -0.15) is 13.2 Å². The third kappa shape index (κ3) is 7.36. The molecule has 0 bridgehead atoms. The van der Waals surface area contributed by atoms with Gasteiger partial charge in [-0.1, -0.05) is 13.0 Å². The summed E-state index contributed by atoms with van der Waals surface area (Å²) in [6, 6.07) is 9.73. The van der Waals surface area contributed by atoms with Gasteiger partial charge in [-0.25, -0.2) is 0 Å². The second-order valence-electron chi connectivity index (χ2n) is 10.4. The van der Waals surface area contributed by atoms with Gasteiger partial charge in [-0.05, 0) is 49.9 Å². The Morgan fingerprint density at radius 1 is 1.18 bits per heavy atom. The molecule has 2 aliphatic heterocycles. The van der Waals surface area contributed by atoms with Gasteiger partial charge >= 0.3 is 6.18 Å². The SMILES string of the molecule is C[C@@H]1CN([C@H](C)CO)C(=O)c2cc(NC(=O)CCC(F)(F)F)ccc2O[C@@H]1CN(C)Cc1ccc2c(c1)OCO2. The number of halogens is 3. The van der Waals surface area contributed by atoms with E-state index in [2.05, 4.69) is 10.2 Å². The maximum Gasteiger partial charge on any atom is 0.389 e. The Kier molecular flexibility index (Phi) is 9.09. The van der Waals surface area contributed by atoms with Crippen molar-refractivity contribution in [2.24, 2.45) is 5.92 Å². The summed E-state index contributed by atoms with van der Waals surface area (Å²) < 4.78 is 54.8. The normalized spacial score (nSPS) is 19.5. The van der Waals surface area contributed by atoms with E-state index in [9.17, 15) is 27.9 Å². The molecule has 2 aromatic rings. The molecule has 9 nitrogen and oxygen atoms in total.